The highest BCUT2D eigenvalue weighted by atomic mass is 16.5. The van der Waals surface area contributed by atoms with Crippen molar-refractivity contribution < 1.29 is 28.5 Å². The molecule has 2 N–H and O–H groups in total. The second kappa shape index (κ2) is 9.88. The van der Waals surface area contributed by atoms with Crippen LogP contribution >= 0.6 is 0 Å². The van der Waals surface area contributed by atoms with Crippen LogP contribution in [0.25, 0.3) is 0 Å². The zero-order valence-corrected chi connectivity index (χ0v) is 17.8. The summed E-state index contributed by atoms with van der Waals surface area (Å²) >= 11 is 0. The Hall–Kier alpha value is -3.68. The van der Waals surface area contributed by atoms with Gasteiger partial charge in [-0.15, -0.1) is 0 Å². The van der Waals surface area contributed by atoms with E-state index in [9.17, 15) is 9.59 Å². The number of carbonyl (C=O) groups excluding carboxylic acids is 2. The Morgan fingerprint density at radius 1 is 1.03 bits per heavy atom. The van der Waals surface area contributed by atoms with Crippen LogP contribution in [-0.2, 0) is 16.0 Å². The van der Waals surface area contributed by atoms with E-state index >= 15 is 0 Å². The molecule has 2 amide bonds. The molecule has 2 atom stereocenters. The van der Waals surface area contributed by atoms with Crippen molar-refractivity contribution in [2.75, 3.05) is 27.9 Å². The number of amides is 2. The molecule has 1 saturated heterocycles. The Kier molecular flexibility index (Phi) is 7.02. The molecule has 0 saturated carbocycles. The molecule has 0 radical (unpaired) electrons. The Bertz CT molecular complexity index is 935. The maximum absolute atomic E-state index is 13.0. The van der Waals surface area contributed by atoms with Crippen molar-refractivity contribution in [3.05, 3.63) is 65.9 Å². The molecular weight excluding hydrogens is 400 g/mol. The number of urea groups is 1. The van der Waals surface area contributed by atoms with Gasteiger partial charge in [-0.2, -0.15) is 0 Å². The summed E-state index contributed by atoms with van der Waals surface area (Å²) in [5.74, 6) is -0.101. The van der Waals surface area contributed by atoms with Crippen LogP contribution in [-0.4, -0.2) is 39.9 Å². The molecule has 3 rings (SSSR count). The fourth-order valence-corrected chi connectivity index (χ4v) is 3.52. The summed E-state index contributed by atoms with van der Waals surface area (Å²) in [6.07, 6.45) is 0.584. The molecule has 2 aromatic carbocycles. The second-order valence-corrected chi connectivity index (χ2v) is 6.94. The molecule has 8 nitrogen and oxygen atoms in total. The van der Waals surface area contributed by atoms with E-state index < -0.39 is 24.0 Å². The molecule has 2 aromatic rings. The predicted octanol–water partition coefficient (Wildman–Crippen LogP) is 2.98. The van der Waals surface area contributed by atoms with Gasteiger partial charge in [-0.1, -0.05) is 36.9 Å². The summed E-state index contributed by atoms with van der Waals surface area (Å²) in [6, 6.07) is 11.9. The summed E-state index contributed by atoms with van der Waals surface area (Å²) in [4.78, 5) is 25.1. The molecule has 0 spiro atoms. The maximum Gasteiger partial charge on any atom is 0.319 e. The fraction of sp³-hybridized carbons (Fsp3) is 0.304. The van der Waals surface area contributed by atoms with Gasteiger partial charge in [0.1, 0.15) is 5.92 Å². The van der Waals surface area contributed by atoms with Crippen LogP contribution < -0.4 is 24.8 Å². The van der Waals surface area contributed by atoms with Crippen molar-refractivity contribution >= 4 is 12.0 Å². The van der Waals surface area contributed by atoms with E-state index in [0.717, 1.165) is 5.56 Å². The van der Waals surface area contributed by atoms with Gasteiger partial charge < -0.3 is 29.6 Å². The van der Waals surface area contributed by atoms with Crippen LogP contribution in [0.15, 0.2) is 54.7 Å². The lowest BCUT2D eigenvalue weighted by Crippen LogP contribution is -2.51. The van der Waals surface area contributed by atoms with E-state index in [1.165, 1.54) is 21.3 Å². The molecule has 0 aliphatic carbocycles. The van der Waals surface area contributed by atoms with Gasteiger partial charge in [-0.05, 0) is 23.3 Å². The van der Waals surface area contributed by atoms with Gasteiger partial charge in [0.25, 0.3) is 0 Å². The number of ether oxygens (including phenoxy) is 4. The third kappa shape index (κ3) is 4.91. The summed E-state index contributed by atoms with van der Waals surface area (Å²) in [5, 5.41) is 5.34. The first kappa shape index (κ1) is 22.0. The number of nitrogens with one attached hydrogen (secondary N) is 2. The molecule has 0 bridgehead atoms. The Balaban J connectivity index is 1.85. The highest BCUT2D eigenvalue weighted by Crippen LogP contribution is 2.42. The van der Waals surface area contributed by atoms with E-state index in [1.54, 1.807) is 12.1 Å². The number of esters is 1. The van der Waals surface area contributed by atoms with Gasteiger partial charge in [-0.25, -0.2) is 4.79 Å². The monoisotopic (exact) mass is 426 g/mol. The topological polar surface area (TPSA) is 95.1 Å². The molecule has 1 fully saturated rings. The van der Waals surface area contributed by atoms with E-state index in [2.05, 4.69) is 17.2 Å². The number of hydrogen-bond acceptors (Lipinski definition) is 6. The summed E-state index contributed by atoms with van der Waals surface area (Å²) in [6.45, 7) is 4.08. The molecule has 1 aliphatic rings. The molecule has 0 aromatic heterocycles. The zero-order chi connectivity index (χ0) is 22.4. The van der Waals surface area contributed by atoms with Crippen LogP contribution in [0.2, 0.25) is 0 Å². The number of rotatable bonds is 8. The average molecular weight is 426 g/mol. The number of carbonyl (C=O) groups is 2. The van der Waals surface area contributed by atoms with Crippen LogP contribution in [0.4, 0.5) is 4.79 Å². The summed E-state index contributed by atoms with van der Waals surface area (Å²) in [7, 11) is 4.49. The lowest BCUT2D eigenvalue weighted by molar-refractivity contribution is -0.148. The molecule has 1 heterocycles. The van der Waals surface area contributed by atoms with Crippen LogP contribution in [0.5, 0.6) is 17.2 Å². The van der Waals surface area contributed by atoms with Crippen molar-refractivity contribution in [2.45, 2.75) is 12.5 Å². The SMILES string of the molecule is C=C1NC(=O)NC(c2cc(OC)c(OC)c(OC)c2)C1C(=O)OCCc1ccccc1. The highest BCUT2D eigenvalue weighted by molar-refractivity contribution is 5.85. The van der Waals surface area contributed by atoms with Crippen LogP contribution in [0.3, 0.4) is 0 Å². The first-order valence-electron chi connectivity index (χ1n) is 9.75. The normalized spacial score (nSPS) is 17.9. The Morgan fingerprint density at radius 2 is 1.68 bits per heavy atom. The Morgan fingerprint density at radius 3 is 2.26 bits per heavy atom. The van der Waals surface area contributed by atoms with E-state index in [-0.39, 0.29) is 12.3 Å². The minimum Gasteiger partial charge on any atom is -0.493 e. The molecule has 2 unspecified atom stereocenters. The fourth-order valence-electron chi connectivity index (χ4n) is 3.52. The number of benzene rings is 2. The van der Waals surface area contributed by atoms with E-state index in [4.69, 9.17) is 18.9 Å². The summed E-state index contributed by atoms with van der Waals surface area (Å²) in [5.41, 5.74) is 1.91. The van der Waals surface area contributed by atoms with Crippen molar-refractivity contribution in [2.24, 2.45) is 5.92 Å². The summed E-state index contributed by atoms with van der Waals surface area (Å²) < 4.78 is 21.7. The second-order valence-electron chi connectivity index (χ2n) is 6.94. The number of methoxy groups -OCH3 is 3. The lowest BCUT2D eigenvalue weighted by Gasteiger charge is -2.33. The van der Waals surface area contributed by atoms with Gasteiger partial charge in [0.2, 0.25) is 5.75 Å². The first-order valence-corrected chi connectivity index (χ1v) is 9.75. The standard InChI is InChI=1S/C23H26N2O6/c1-14-19(22(26)31-11-10-15-8-6-5-7-9-15)20(25-23(27)24-14)16-12-17(28-2)21(30-4)18(13-16)29-3/h5-9,12-13,19-20H,1,10-11H2,2-4H3,(H2,24,25,27). The molecule has 1 aliphatic heterocycles. The van der Waals surface area contributed by atoms with Gasteiger partial charge in [0, 0.05) is 12.1 Å². The quantitative estimate of drug-likeness (QED) is 0.630. The zero-order valence-electron chi connectivity index (χ0n) is 17.8. The minimum absolute atomic E-state index is 0.211. The number of hydrogen-bond donors (Lipinski definition) is 2. The third-order valence-electron chi connectivity index (χ3n) is 5.05. The molecular formula is C23H26N2O6. The third-order valence-corrected chi connectivity index (χ3v) is 5.05. The average Bonchev–Trinajstić information content (AvgIpc) is 2.78. The lowest BCUT2D eigenvalue weighted by atomic mass is 9.88. The van der Waals surface area contributed by atoms with Gasteiger partial charge in [0.15, 0.2) is 11.5 Å². The van der Waals surface area contributed by atoms with Gasteiger partial charge >= 0.3 is 12.0 Å². The van der Waals surface area contributed by atoms with E-state index in [1.807, 2.05) is 30.3 Å². The largest absolute Gasteiger partial charge is 0.493 e. The van der Waals surface area contributed by atoms with Crippen molar-refractivity contribution in [1.29, 1.82) is 0 Å². The smallest absolute Gasteiger partial charge is 0.319 e. The van der Waals surface area contributed by atoms with Crippen molar-refractivity contribution in [3.63, 3.8) is 0 Å². The maximum atomic E-state index is 13.0. The van der Waals surface area contributed by atoms with Gasteiger partial charge in [0.05, 0.1) is 34.0 Å². The van der Waals surface area contributed by atoms with Crippen LogP contribution in [0.1, 0.15) is 17.2 Å². The Labute approximate surface area is 181 Å². The van der Waals surface area contributed by atoms with Crippen molar-refractivity contribution in [1.82, 2.24) is 10.6 Å². The van der Waals surface area contributed by atoms with Gasteiger partial charge in [-0.3, -0.25) is 4.79 Å². The molecule has 31 heavy (non-hydrogen) atoms. The minimum atomic E-state index is -0.837. The predicted molar refractivity (Wildman–Crippen MR) is 114 cm³/mol. The first-order chi connectivity index (χ1) is 15.0. The molecule has 164 valence electrons. The highest BCUT2D eigenvalue weighted by Gasteiger charge is 2.39. The van der Waals surface area contributed by atoms with Crippen molar-refractivity contribution in [3.8, 4) is 17.2 Å². The van der Waals surface area contributed by atoms with Crippen LogP contribution in [0, 0.1) is 5.92 Å². The van der Waals surface area contributed by atoms with E-state index in [0.29, 0.717) is 29.2 Å². The molecule has 8 heteroatoms.